The number of anilines is 1. The fraction of sp³-hybridized carbons (Fsp3) is 0.500. The molecule has 2 N–H and O–H groups in total. The highest BCUT2D eigenvalue weighted by atomic mass is 35.5. The van der Waals surface area contributed by atoms with Crippen LogP contribution in [0.5, 0.6) is 0 Å². The number of carbonyl (C=O) groups is 3. The molecule has 1 aliphatic carbocycles. The Kier molecular flexibility index (Phi) is 7.15. The second-order valence-electron chi connectivity index (χ2n) is 7.83. The van der Waals surface area contributed by atoms with Gasteiger partial charge in [0.05, 0.1) is 12.6 Å². The number of Topliss-reactive ketones (excluding diaryl/α,β-unsaturated/α-hetero) is 1. The van der Waals surface area contributed by atoms with E-state index in [4.69, 9.17) is 9.15 Å². The van der Waals surface area contributed by atoms with Crippen molar-refractivity contribution >= 4 is 46.7 Å². The molecule has 2 heterocycles. The van der Waals surface area contributed by atoms with Crippen LogP contribution in [0.25, 0.3) is 11.0 Å². The van der Waals surface area contributed by atoms with Crippen molar-refractivity contribution in [3.05, 3.63) is 30.0 Å². The second-order valence-corrected chi connectivity index (χ2v) is 7.83. The number of hydrogen-bond donors (Lipinski definition) is 2. The van der Waals surface area contributed by atoms with Crippen LogP contribution in [0.3, 0.4) is 0 Å². The highest BCUT2D eigenvalue weighted by Gasteiger charge is 2.39. The maximum atomic E-state index is 12.9. The molecule has 7 nitrogen and oxygen atoms in total. The number of esters is 1. The Labute approximate surface area is 181 Å². The lowest BCUT2D eigenvalue weighted by Crippen LogP contribution is -2.42. The van der Waals surface area contributed by atoms with Crippen LogP contribution in [0.2, 0.25) is 0 Å². The zero-order valence-electron chi connectivity index (χ0n) is 16.9. The normalized spacial score (nSPS) is 22.0. The number of ketones is 1. The van der Waals surface area contributed by atoms with Gasteiger partial charge in [-0.3, -0.25) is 9.59 Å². The van der Waals surface area contributed by atoms with Gasteiger partial charge in [0, 0.05) is 23.9 Å². The first-order valence-corrected chi connectivity index (χ1v) is 10.3. The molecule has 8 heteroatoms. The fourth-order valence-electron chi connectivity index (χ4n) is 4.55. The summed E-state index contributed by atoms with van der Waals surface area (Å²) in [5, 5.41) is 7.05. The van der Waals surface area contributed by atoms with E-state index in [0.717, 1.165) is 31.2 Å². The summed E-state index contributed by atoms with van der Waals surface area (Å²) < 4.78 is 10.5. The molecule has 1 aliphatic heterocycles. The van der Waals surface area contributed by atoms with Gasteiger partial charge in [-0.05, 0) is 68.8 Å². The Hall–Kier alpha value is -2.38. The minimum atomic E-state index is -0.502. The van der Waals surface area contributed by atoms with Gasteiger partial charge in [-0.15, -0.1) is 12.4 Å². The van der Waals surface area contributed by atoms with Gasteiger partial charge >= 0.3 is 5.97 Å². The summed E-state index contributed by atoms with van der Waals surface area (Å²) in [7, 11) is 0. The molecule has 0 bridgehead atoms. The minimum absolute atomic E-state index is 0. The monoisotopic (exact) mass is 434 g/mol. The summed E-state index contributed by atoms with van der Waals surface area (Å²) in [5.41, 5.74) is 1.22. The molecule has 0 unspecified atom stereocenters. The van der Waals surface area contributed by atoms with Crippen LogP contribution in [0.4, 0.5) is 5.69 Å². The quantitative estimate of drug-likeness (QED) is 0.696. The van der Waals surface area contributed by atoms with E-state index in [9.17, 15) is 14.4 Å². The van der Waals surface area contributed by atoms with E-state index in [1.807, 2.05) is 0 Å². The predicted molar refractivity (Wildman–Crippen MR) is 115 cm³/mol. The maximum Gasteiger partial charge on any atom is 0.374 e. The number of rotatable bonds is 5. The summed E-state index contributed by atoms with van der Waals surface area (Å²) in [4.78, 5) is 36.3. The Morgan fingerprint density at radius 3 is 2.70 bits per heavy atom. The molecule has 1 aromatic heterocycles. The van der Waals surface area contributed by atoms with Gasteiger partial charge < -0.3 is 19.8 Å². The van der Waals surface area contributed by atoms with Crippen molar-refractivity contribution in [2.24, 2.45) is 11.8 Å². The zero-order valence-corrected chi connectivity index (χ0v) is 17.8. The molecular weight excluding hydrogens is 408 g/mol. The summed E-state index contributed by atoms with van der Waals surface area (Å²) in [6.07, 6.45) is 3.99. The number of hydrogen-bond acceptors (Lipinski definition) is 6. The van der Waals surface area contributed by atoms with E-state index in [2.05, 4.69) is 10.6 Å². The van der Waals surface area contributed by atoms with E-state index in [1.165, 1.54) is 0 Å². The molecule has 1 amide bonds. The number of furan rings is 1. The third-order valence-electron chi connectivity index (χ3n) is 6.01. The highest BCUT2D eigenvalue weighted by Crippen LogP contribution is 2.35. The predicted octanol–water partition coefficient (Wildman–Crippen LogP) is 3.71. The Morgan fingerprint density at radius 1 is 1.20 bits per heavy atom. The first-order chi connectivity index (χ1) is 14.0. The molecule has 1 saturated heterocycles. The first-order valence-electron chi connectivity index (χ1n) is 10.3. The van der Waals surface area contributed by atoms with Crippen LogP contribution >= 0.6 is 12.4 Å². The van der Waals surface area contributed by atoms with Gasteiger partial charge in [0.2, 0.25) is 11.7 Å². The van der Waals surface area contributed by atoms with Crippen molar-refractivity contribution in [1.29, 1.82) is 0 Å². The van der Waals surface area contributed by atoms with Crippen LogP contribution in [0, 0.1) is 11.8 Å². The molecular formula is C22H27ClN2O5. The Bertz CT molecular complexity index is 931. The van der Waals surface area contributed by atoms with Gasteiger partial charge in [0.1, 0.15) is 11.4 Å². The molecule has 0 radical (unpaired) electrons. The van der Waals surface area contributed by atoms with Crippen molar-refractivity contribution in [2.45, 2.75) is 45.1 Å². The van der Waals surface area contributed by atoms with Crippen LogP contribution in [0.15, 0.2) is 28.7 Å². The van der Waals surface area contributed by atoms with Gasteiger partial charge in [0.25, 0.3) is 0 Å². The lowest BCUT2D eigenvalue weighted by Gasteiger charge is -2.30. The highest BCUT2D eigenvalue weighted by molar-refractivity contribution is 5.98. The van der Waals surface area contributed by atoms with Crippen LogP contribution in [-0.4, -0.2) is 36.9 Å². The van der Waals surface area contributed by atoms with Gasteiger partial charge in [-0.1, -0.05) is 0 Å². The molecule has 2 aliphatic rings. The van der Waals surface area contributed by atoms with Crippen molar-refractivity contribution in [2.75, 3.05) is 18.5 Å². The van der Waals surface area contributed by atoms with E-state index < -0.39 is 5.97 Å². The summed E-state index contributed by atoms with van der Waals surface area (Å²) in [5.74, 6) is 0.604. The summed E-state index contributed by atoms with van der Waals surface area (Å²) in [6, 6.07) is 6.67. The topological polar surface area (TPSA) is 97.6 Å². The number of benzene rings is 1. The fourth-order valence-corrected chi connectivity index (χ4v) is 4.55. The molecule has 2 aromatic rings. The average molecular weight is 435 g/mol. The van der Waals surface area contributed by atoms with Gasteiger partial charge in [-0.2, -0.15) is 0 Å². The van der Waals surface area contributed by atoms with Crippen molar-refractivity contribution in [3.8, 4) is 0 Å². The average Bonchev–Trinajstić information content (AvgIpc) is 3.35. The standard InChI is InChI=1S/C22H26N2O5.ClH/c1-2-28-22(27)19-12-14-11-15(5-8-18(14)29-19)24-21(26)20-17(9-10-23-20)13-3-6-16(25)7-4-13;/h5,8,11-13,17,20,23H,2-4,6-7,9-10H2,1H3,(H,24,26);1H/t17-,20-;/m1./s1. The van der Waals surface area contributed by atoms with Gasteiger partial charge in [0.15, 0.2) is 0 Å². The third-order valence-corrected chi connectivity index (χ3v) is 6.01. The first kappa shape index (κ1) is 22.3. The van der Waals surface area contributed by atoms with E-state index in [1.54, 1.807) is 31.2 Å². The van der Waals surface area contributed by atoms with Crippen molar-refractivity contribution < 1.29 is 23.5 Å². The molecule has 30 heavy (non-hydrogen) atoms. The van der Waals surface area contributed by atoms with Gasteiger partial charge in [-0.25, -0.2) is 4.79 Å². The lowest BCUT2D eigenvalue weighted by molar-refractivity contribution is -0.121. The molecule has 4 rings (SSSR count). The minimum Gasteiger partial charge on any atom is -0.460 e. The van der Waals surface area contributed by atoms with Crippen LogP contribution in [0.1, 0.15) is 49.6 Å². The number of ether oxygens (including phenoxy) is 1. The van der Waals surface area contributed by atoms with Crippen LogP contribution < -0.4 is 10.6 Å². The molecule has 2 fully saturated rings. The smallest absolute Gasteiger partial charge is 0.374 e. The number of fused-ring (bicyclic) bond motifs is 1. The van der Waals surface area contributed by atoms with Crippen LogP contribution in [-0.2, 0) is 14.3 Å². The zero-order chi connectivity index (χ0) is 20.4. The molecule has 1 saturated carbocycles. The summed E-state index contributed by atoms with van der Waals surface area (Å²) >= 11 is 0. The second kappa shape index (κ2) is 9.62. The SMILES string of the molecule is CCOC(=O)c1cc2cc(NC(=O)[C@@H]3NCC[C@@H]3C3CCC(=O)CC3)ccc2o1.Cl. The van der Waals surface area contributed by atoms with Crippen molar-refractivity contribution in [1.82, 2.24) is 5.32 Å². The lowest BCUT2D eigenvalue weighted by atomic mass is 9.76. The Balaban J connectivity index is 0.00000256. The van der Waals surface area contributed by atoms with Crippen molar-refractivity contribution in [3.63, 3.8) is 0 Å². The summed E-state index contributed by atoms with van der Waals surface area (Å²) in [6.45, 7) is 2.84. The molecule has 1 aromatic carbocycles. The van der Waals surface area contributed by atoms with E-state index in [-0.39, 0.29) is 42.6 Å². The third kappa shape index (κ3) is 4.68. The van der Waals surface area contributed by atoms with E-state index >= 15 is 0 Å². The Morgan fingerprint density at radius 2 is 1.97 bits per heavy atom. The largest absolute Gasteiger partial charge is 0.460 e. The number of nitrogens with one attached hydrogen (secondary N) is 2. The number of amides is 1. The molecule has 0 spiro atoms. The van der Waals surface area contributed by atoms with E-state index in [0.29, 0.717) is 35.8 Å². The molecule has 2 atom stereocenters. The number of carbonyl (C=O) groups excluding carboxylic acids is 3. The maximum absolute atomic E-state index is 12.9. The number of halogens is 1. The molecule has 162 valence electrons.